The van der Waals surface area contributed by atoms with Gasteiger partial charge in [0.15, 0.2) is 0 Å². The molecule has 4 N–H and O–H groups in total. The minimum absolute atomic E-state index is 0.0470. The lowest BCUT2D eigenvalue weighted by Gasteiger charge is -2.16. The summed E-state index contributed by atoms with van der Waals surface area (Å²) in [6.07, 6.45) is 3.39. The number of hydrogen-bond acceptors (Lipinski definition) is 4. The van der Waals surface area contributed by atoms with Crippen molar-refractivity contribution in [3.05, 3.63) is 30.1 Å². The van der Waals surface area contributed by atoms with Crippen molar-refractivity contribution >= 4 is 34.7 Å². The van der Waals surface area contributed by atoms with E-state index in [1.807, 2.05) is 43.0 Å². The number of imidazole rings is 1. The molecule has 3 heterocycles. The van der Waals surface area contributed by atoms with Crippen molar-refractivity contribution in [2.45, 2.75) is 56.0 Å². The standard InChI is InChI=1S/C19H25N5O2S/c1-11(18-21-12-6-2-3-7-13(12)22-18)20-16(25)9-5-4-8-15-17-14(10-27-15)23-19(26)24-17/h2-3,6-7,11,14-15,17H,4-5,8-10H2,1H3,(H,20,25)(H,21,22)(H2,23,24,26). The Morgan fingerprint density at radius 2 is 2.19 bits per heavy atom. The first-order chi connectivity index (χ1) is 13.1. The fourth-order valence-corrected chi connectivity index (χ4v) is 5.38. The molecule has 27 heavy (non-hydrogen) atoms. The number of amides is 3. The quantitative estimate of drug-likeness (QED) is 0.433. The van der Waals surface area contributed by atoms with Gasteiger partial charge in [0.2, 0.25) is 5.91 Å². The van der Waals surface area contributed by atoms with Crippen LogP contribution in [-0.2, 0) is 4.79 Å². The second-order valence-electron chi connectivity index (χ2n) is 7.30. The van der Waals surface area contributed by atoms with Crippen molar-refractivity contribution in [2.75, 3.05) is 5.75 Å². The maximum absolute atomic E-state index is 12.2. The number of nitrogens with zero attached hydrogens (tertiary/aromatic N) is 1. The van der Waals surface area contributed by atoms with Crippen LogP contribution in [0.4, 0.5) is 4.79 Å². The van der Waals surface area contributed by atoms with E-state index in [4.69, 9.17) is 0 Å². The number of aromatic amines is 1. The SMILES string of the molecule is CC(NC(=O)CCCCC1SCC2NC(=O)NC21)c1nc2ccccc2[nH]1. The van der Waals surface area contributed by atoms with Crippen LogP contribution < -0.4 is 16.0 Å². The lowest BCUT2D eigenvalue weighted by Crippen LogP contribution is -2.36. The van der Waals surface area contributed by atoms with E-state index in [0.29, 0.717) is 11.7 Å². The largest absolute Gasteiger partial charge is 0.346 e. The molecule has 2 aliphatic rings. The Labute approximate surface area is 162 Å². The van der Waals surface area contributed by atoms with Crippen LogP contribution >= 0.6 is 11.8 Å². The first-order valence-corrected chi connectivity index (χ1v) is 10.6. The molecule has 2 aliphatic heterocycles. The van der Waals surface area contributed by atoms with Crippen molar-refractivity contribution in [2.24, 2.45) is 0 Å². The van der Waals surface area contributed by atoms with Gasteiger partial charge in [-0.3, -0.25) is 4.79 Å². The van der Waals surface area contributed by atoms with Gasteiger partial charge < -0.3 is 20.9 Å². The number of unbranched alkanes of at least 4 members (excludes halogenated alkanes) is 1. The summed E-state index contributed by atoms with van der Waals surface area (Å²) < 4.78 is 0. The number of H-pyrrole nitrogens is 1. The van der Waals surface area contributed by atoms with Crippen LogP contribution in [0.5, 0.6) is 0 Å². The summed E-state index contributed by atoms with van der Waals surface area (Å²) >= 11 is 1.91. The van der Waals surface area contributed by atoms with E-state index in [1.165, 1.54) is 0 Å². The summed E-state index contributed by atoms with van der Waals surface area (Å²) in [7, 11) is 0. The topological polar surface area (TPSA) is 98.9 Å². The van der Waals surface area contributed by atoms with Crippen LogP contribution in [0.1, 0.15) is 44.5 Å². The zero-order valence-electron chi connectivity index (χ0n) is 15.3. The van der Waals surface area contributed by atoms with Crippen molar-refractivity contribution < 1.29 is 9.59 Å². The number of urea groups is 1. The van der Waals surface area contributed by atoms with Gasteiger partial charge in [0, 0.05) is 17.4 Å². The lowest BCUT2D eigenvalue weighted by atomic mass is 10.0. The van der Waals surface area contributed by atoms with E-state index in [2.05, 4.69) is 25.9 Å². The number of benzene rings is 1. The molecular weight excluding hydrogens is 362 g/mol. The first kappa shape index (κ1) is 18.2. The monoisotopic (exact) mass is 387 g/mol. The predicted molar refractivity (Wildman–Crippen MR) is 107 cm³/mol. The van der Waals surface area contributed by atoms with Gasteiger partial charge in [0.1, 0.15) is 5.82 Å². The average molecular weight is 388 g/mol. The number of fused-ring (bicyclic) bond motifs is 2. The molecule has 8 heteroatoms. The summed E-state index contributed by atoms with van der Waals surface area (Å²) in [6.45, 7) is 1.95. The number of aromatic nitrogens is 2. The van der Waals surface area contributed by atoms with Gasteiger partial charge in [-0.1, -0.05) is 18.6 Å². The van der Waals surface area contributed by atoms with E-state index in [1.54, 1.807) is 0 Å². The van der Waals surface area contributed by atoms with Crippen LogP contribution in [0.15, 0.2) is 24.3 Å². The van der Waals surface area contributed by atoms with E-state index in [-0.39, 0.29) is 30.1 Å². The maximum atomic E-state index is 12.2. The van der Waals surface area contributed by atoms with Crippen molar-refractivity contribution in [1.29, 1.82) is 0 Å². The third-order valence-electron chi connectivity index (χ3n) is 5.28. The smallest absolute Gasteiger partial charge is 0.315 e. The minimum atomic E-state index is -0.143. The molecule has 0 radical (unpaired) electrons. The van der Waals surface area contributed by atoms with E-state index < -0.39 is 0 Å². The molecule has 7 nitrogen and oxygen atoms in total. The second-order valence-corrected chi connectivity index (χ2v) is 8.57. The molecule has 2 aromatic rings. The van der Waals surface area contributed by atoms with Crippen LogP contribution in [-0.4, -0.2) is 45.0 Å². The molecule has 2 saturated heterocycles. The Morgan fingerprint density at radius 3 is 3.04 bits per heavy atom. The Balaban J connectivity index is 1.19. The molecule has 2 fully saturated rings. The maximum Gasteiger partial charge on any atom is 0.315 e. The van der Waals surface area contributed by atoms with E-state index in [0.717, 1.165) is 41.9 Å². The summed E-state index contributed by atoms with van der Waals surface area (Å²) in [4.78, 5) is 31.4. The normalized spacial score (nSPS) is 25.1. The van der Waals surface area contributed by atoms with Gasteiger partial charge in [-0.25, -0.2) is 9.78 Å². The molecular formula is C19H25N5O2S. The number of thioether (sulfide) groups is 1. The predicted octanol–water partition coefficient (Wildman–Crippen LogP) is 2.47. The highest BCUT2D eigenvalue weighted by atomic mass is 32.2. The van der Waals surface area contributed by atoms with E-state index in [9.17, 15) is 9.59 Å². The van der Waals surface area contributed by atoms with Crippen LogP contribution in [0.2, 0.25) is 0 Å². The van der Waals surface area contributed by atoms with Crippen molar-refractivity contribution in [1.82, 2.24) is 25.9 Å². The summed E-state index contributed by atoms with van der Waals surface area (Å²) in [5.74, 6) is 1.81. The number of hydrogen-bond donors (Lipinski definition) is 4. The Bertz CT molecular complexity index is 805. The molecule has 0 bridgehead atoms. The highest BCUT2D eigenvalue weighted by Gasteiger charge is 2.42. The third-order valence-corrected chi connectivity index (χ3v) is 6.78. The number of carbonyl (C=O) groups excluding carboxylic acids is 2. The van der Waals surface area contributed by atoms with E-state index >= 15 is 0 Å². The zero-order valence-corrected chi connectivity index (χ0v) is 16.1. The minimum Gasteiger partial charge on any atom is -0.346 e. The summed E-state index contributed by atoms with van der Waals surface area (Å²) in [5, 5.41) is 9.44. The third kappa shape index (κ3) is 4.05. The van der Waals surface area contributed by atoms with Gasteiger partial charge in [0.25, 0.3) is 0 Å². The van der Waals surface area contributed by atoms with Gasteiger partial charge in [-0.15, -0.1) is 0 Å². The molecule has 144 valence electrons. The zero-order chi connectivity index (χ0) is 18.8. The number of rotatable bonds is 7. The molecule has 3 amide bonds. The second kappa shape index (κ2) is 7.80. The fraction of sp³-hybridized carbons (Fsp3) is 0.526. The average Bonchev–Trinajstić information content (AvgIpc) is 3.32. The van der Waals surface area contributed by atoms with Gasteiger partial charge in [-0.05, 0) is 31.9 Å². The Hall–Kier alpha value is -2.22. The highest BCUT2D eigenvalue weighted by molar-refractivity contribution is 8.00. The Kier molecular flexibility index (Phi) is 5.24. The van der Waals surface area contributed by atoms with Crippen LogP contribution in [0, 0.1) is 0 Å². The van der Waals surface area contributed by atoms with Crippen molar-refractivity contribution in [3.8, 4) is 0 Å². The van der Waals surface area contributed by atoms with Gasteiger partial charge >= 0.3 is 6.03 Å². The first-order valence-electron chi connectivity index (χ1n) is 9.53. The molecule has 0 aliphatic carbocycles. The highest BCUT2D eigenvalue weighted by Crippen LogP contribution is 2.33. The van der Waals surface area contributed by atoms with Crippen LogP contribution in [0.25, 0.3) is 11.0 Å². The number of carbonyl (C=O) groups is 2. The molecule has 4 unspecified atom stereocenters. The van der Waals surface area contributed by atoms with Gasteiger partial charge in [-0.2, -0.15) is 11.8 Å². The molecule has 4 rings (SSSR count). The fourth-order valence-electron chi connectivity index (χ4n) is 3.83. The van der Waals surface area contributed by atoms with Gasteiger partial charge in [0.05, 0.1) is 29.2 Å². The summed E-state index contributed by atoms with van der Waals surface area (Å²) in [6, 6.07) is 8.17. The molecule has 4 atom stereocenters. The summed E-state index contributed by atoms with van der Waals surface area (Å²) in [5.41, 5.74) is 1.89. The molecule has 1 aromatic heterocycles. The van der Waals surface area contributed by atoms with Crippen LogP contribution in [0.3, 0.4) is 0 Å². The number of para-hydroxylation sites is 2. The number of nitrogens with one attached hydrogen (secondary N) is 4. The molecule has 0 spiro atoms. The molecule has 0 saturated carbocycles. The molecule has 1 aromatic carbocycles. The lowest BCUT2D eigenvalue weighted by molar-refractivity contribution is -0.121. The van der Waals surface area contributed by atoms with Crippen molar-refractivity contribution in [3.63, 3.8) is 0 Å². The Morgan fingerprint density at radius 1 is 1.33 bits per heavy atom.